The SMILES string of the molecule is CC1CCCN(c2ncc(C(=O)NCc3ccccc3Cl)cn2)C1. The molecule has 1 N–H and O–H groups in total. The van der Waals surface area contributed by atoms with Crippen molar-refractivity contribution in [2.45, 2.75) is 26.3 Å². The summed E-state index contributed by atoms with van der Waals surface area (Å²) in [6, 6.07) is 7.45. The number of amides is 1. The Morgan fingerprint density at radius 3 is 2.79 bits per heavy atom. The van der Waals surface area contributed by atoms with E-state index in [1.54, 1.807) is 18.5 Å². The number of benzene rings is 1. The van der Waals surface area contributed by atoms with Crippen molar-refractivity contribution in [3.8, 4) is 0 Å². The van der Waals surface area contributed by atoms with Crippen LogP contribution in [0.4, 0.5) is 5.95 Å². The molecule has 0 saturated carbocycles. The standard InChI is InChI=1S/C18H21ClN4O/c1-13-5-4-8-23(12-13)18-21-10-15(11-22-18)17(24)20-9-14-6-2-3-7-16(14)19/h2-3,6-7,10-11,13H,4-5,8-9,12H2,1H3,(H,20,24). The summed E-state index contributed by atoms with van der Waals surface area (Å²) in [4.78, 5) is 23.1. The Balaban J connectivity index is 1.60. The molecule has 1 amide bonds. The predicted molar refractivity (Wildman–Crippen MR) is 95.3 cm³/mol. The van der Waals surface area contributed by atoms with Gasteiger partial charge in [-0.3, -0.25) is 4.79 Å². The third-order valence-corrected chi connectivity index (χ3v) is 4.61. The van der Waals surface area contributed by atoms with Gasteiger partial charge in [-0.15, -0.1) is 0 Å². The average molecular weight is 345 g/mol. The number of hydrogen-bond donors (Lipinski definition) is 1. The van der Waals surface area contributed by atoms with Crippen LogP contribution in [-0.2, 0) is 6.54 Å². The molecule has 3 rings (SSSR count). The van der Waals surface area contributed by atoms with Crippen LogP contribution < -0.4 is 10.2 Å². The maximum atomic E-state index is 12.2. The number of carbonyl (C=O) groups is 1. The first-order valence-electron chi connectivity index (χ1n) is 8.22. The monoisotopic (exact) mass is 344 g/mol. The van der Waals surface area contributed by atoms with Gasteiger partial charge in [0.1, 0.15) is 0 Å². The van der Waals surface area contributed by atoms with Crippen LogP contribution >= 0.6 is 11.6 Å². The van der Waals surface area contributed by atoms with Gasteiger partial charge in [-0.2, -0.15) is 0 Å². The van der Waals surface area contributed by atoms with Gasteiger partial charge < -0.3 is 10.2 Å². The van der Waals surface area contributed by atoms with Crippen LogP contribution in [0.2, 0.25) is 5.02 Å². The molecule has 5 nitrogen and oxygen atoms in total. The Kier molecular flexibility index (Phi) is 5.30. The van der Waals surface area contributed by atoms with Crippen molar-refractivity contribution in [3.63, 3.8) is 0 Å². The molecule has 1 atom stereocenters. The van der Waals surface area contributed by atoms with Crippen LogP contribution in [0.1, 0.15) is 35.7 Å². The lowest BCUT2D eigenvalue weighted by Gasteiger charge is -2.30. The van der Waals surface area contributed by atoms with Crippen molar-refractivity contribution >= 4 is 23.5 Å². The maximum Gasteiger partial charge on any atom is 0.254 e. The highest BCUT2D eigenvalue weighted by molar-refractivity contribution is 6.31. The number of piperidine rings is 1. The van der Waals surface area contributed by atoms with E-state index in [1.807, 2.05) is 18.2 Å². The van der Waals surface area contributed by atoms with E-state index in [9.17, 15) is 4.79 Å². The predicted octanol–water partition coefficient (Wildman–Crippen LogP) is 3.30. The zero-order valence-corrected chi connectivity index (χ0v) is 14.5. The number of rotatable bonds is 4. The van der Waals surface area contributed by atoms with Crippen LogP contribution in [0.5, 0.6) is 0 Å². The van der Waals surface area contributed by atoms with Gasteiger partial charge >= 0.3 is 0 Å². The molecule has 0 radical (unpaired) electrons. The topological polar surface area (TPSA) is 58.1 Å². The molecule has 126 valence electrons. The average Bonchev–Trinajstić information content (AvgIpc) is 2.61. The molecule has 6 heteroatoms. The maximum absolute atomic E-state index is 12.2. The number of nitrogens with one attached hydrogen (secondary N) is 1. The number of carbonyl (C=O) groups excluding carboxylic acids is 1. The molecule has 1 unspecified atom stereocenters. The molecule has 1 aromatic carbocycles. The van der Waals surface area contributed by atoms with Gasteiger partial charge in [0.15, 0.2) is 0 Å². The van der Waals surface area contributed by atoms with E-state index < -0.39 is 0 Å². The lowest BCUT2D eigenvalue weighted by molar-refractivity contribution is 0.0950. The number of hydrogen-bond acceptors (Lipinski definition) is 4. The minimum atomic E-state index is -0.200. The van der Waals surface area contributed by atoms with Gasteiger partial charge in [0.05, 0.1) is 5.56 Å². The van der Waals surface area contributed by atoms with Crippen LogP contribution in [-0.4, -0.2) is 29.0 Å². The molecule has 24 heavy (non-hydrogen) atoms. The highest BCUT2D eigenvalue weighted by atomic mass is 35.5. The highest BCUT2D eigenvalue weighted by Crippen LogP contribution is 2.19. The number of aromatic nitrogens is 2. The van der Waals surface area contributed by atoms with Crippen LogP contribution in [0, 0.1) is 5.92 Å². The summed E-state index contributed by atoms with van der Waals surface area (Å²) in [5, 5.41) is 3.49. The third-order valence-electron chi connectivity index (χ3n) is 4.24. The first kappa shape index (κ1) is 16.7. The smallest absolute Gasteiger partial charge is 0.254 e. The van der Waals surface area contributed by atoms with Crippen molar-refractivity contribution in [3.05, 3.63) is 52.8 Å². The van der Waals surface area contributed by atoms with E-state index in [0.29, 0.717) is 29.0 Å². The van der Waals surface area contributed by atoms with E-state index in [4.69, 9.17) is 11.6 Å². The van der Waals surface area contributed by atoms with Crippen molar-refractivity contribution < 1.29 is 4.79 Å². The largest absolute Gasteiger partial charge is 0.348 e. The summed E-state index contributed by atoms with van der Waals surface area (Å²) in [5.41, 5.74) is 1.34. The summed E-state index contributed by atoms with van der Waals surface area (Å²) < 4.78 is 0. The minimum Gasteiger partial charge on any atom is -0.348 e. The Bertz CT molecular complexity index is 704. The van der Waals surface area contributed by atoms with Gasteiger partial charge in [0.2, 0.25) is 5.95 Å². The molecule has 1 aromatic heterocycles. The van der Waals surface area contributed by atoms with Gasteiger partial charge in [0.25, 0.3) is 5.91 Å². The summed E-state index contributed by atoms with van der Waals surface area (Å²) in [5.74, 6) is 1.15. The van der Waals surface area contributed by atoms with E-state index >= 15 is 0 Å². The van der Waals surface area contributed by atoms with Crippen molar-refractivity contribution in [2.24, 2.45) is 5.92 Å². The minimum absolute atomic E-state index is 0.200. The second kappa shape index (κ2) is 7.62. The number of anilines is 1. The fourth-order valence-electron chi connectivity index (χ4n) is 2.89. The van der Waals surface area contributed by atoms with Gasteiger partial charge in [0, 0.05) is 37.1 Å². The molecule has 0 aliphatic carbocycles. The van der Waals surface area contributed by atoms with Crippen molar-refractivity contribution in [1.82, 2.24) is 15.3 Å². The van der Waals surface area contributed by atoms with Crippen LogP contribution in [0.3, 0.4) is 0 Å². The Morgan fingerprint density at radius 1 is 1.33 bits per heavy atom. The first-order valence-corrected chi connectivity index (χ1v) is 8.60. The highest BCUT2D eigenvalue weighted by Gasteiger charge is 2.19. The summed E-state index contributed by atoms with van der Waals surface area (Å²) in [7, 11) is 0. The lowest BCUT2D eigenvalue weighted by Crippen LogP contribution is -2.35. The summed E-state index contributed by atoms with van der Waals surface area (Å²) >= 11 is 6.09. The molecule has 0 bridgehead atoms. The van der Waals surface area contributed by atoms with E-state index in [1.165, 1.54) is 6.42 Å². The molecular formula is C18H21ClN4O. The number of halogens is 1. The fourth-order valence-corrected chi connectivity index (χ4v) is 3.09. The molecule has 1 saturated heterocycles. The van der Waals surface area contributed by atoms with E-state index in [-0.39, 0.29) is 5.91 Å². The zero-order valence-electron chi connectivity index (χ0n) is 13.7. The van der Waals surface area contributed by atoms with E-state index in [0.717, 1.165) is 25.1 Å². The second-order valence-corrected chi connectivity index (χ2v) is 6.65. The fraction of sp³-hybridized carbons (Fsp3) is 0.389. The summed E-state index contributed by atoms with van der Waals surface area (Å²) in [6.07, 6.45) is 5.58. The lowest BCUT2D eigenvalue weighted by atomic mass is 10.0. The third kappa shape index (κ3) is 4.03. The van der Waals surface area contributed by atoms with Crippen molar-refractivity contribution in [1.29, 1.82) is 0 Å². The Morgan fingerprint density at radius 2 is 2.08 bits per heavy atom. The molecule has 1 fully saturated rings. The van der Waals surface area contributed by atoms with Gasteiger partial charge in [-0.25, -0.2) is 9.97 Å². The molecule has 1 aliphatic heterocycles. The first-order chi connectivity index (χ1) is 11.6. The summed E-state index contributed by atoms with van der Waals surface area (Å²) in [6.45, 7) is 4.56. The quantitative estimate of drug-likeness (QED) is 0.924. The Labute approximate surface area is 147 Å². The molecule has 0 spiro atoms. The van der Waals surface area contributed by atoms with Crippen LogP contribution in [0.15, 0.2) is 36.7 Å². The van der Waals surface area contributed by atoms with Gasteiger partial charge in [-0.05, 0) is 30.4 Å². The van der Waals surface area contributed by atoms with E-state index in [2.05, 4.69) is 27.1 Å². The molecular weight excluding hydrogens is 324 g/mol. The second-order valence-electron chi connectivity index (χ2n) is 6.24. The Hall–Kier alpha value is -2.14. The normalized spacial score (nSPS) is 17.6. The zero-order chi connectivity index (χ0) is 16.9. The van der Waals surface area contributed by atoms with Crippen molar-refractivity contribution in [2.75, 3.05) is 18.0 Å². The molecule has 2 heterocycles. The number of nitrogens with zero attached hydrogens (tertiary/aromatic N) is 3. The van der Waals surface area contributed by atoms with Gasteiger partial charge in [-0.1, -0.05) is 36.7 Å². The van der Waals surface area contributed by atoms with Crippen LogP contribution in [0.25, 0.3) is 0 Å². The molecule has 2 aromatic rings. The molecule has 1 aliphatic rings.